The summed E-state index contributed by atoms with van der Waals surface area (Å²) in [5, 5.41) is 4.25. The molecule has 1 aromatic carbocycles. The summed E-state index contributed by atoms with van der Waals surface area (Å²) in [6.45, 7) is 3.71. The van der Waals surface area contributed by atoms with Crippen LogP contribution in [-0.4, -0.2) is 32.2 Å². The van der Waals surface area contributed by atoms with Gasteiger partial charge in [0.15, 0.2) is 11.5 Å². The third-order valence-electron chi connectivity index (χ3n) is 3.34. The largest absolute Gasteiger partial charge is 0.493 e. The Kier molecular flexibility index (Phi) is 5.05. The number of aryl methyl sites for hydroxylation is 2. The molecule has 23 heavy (non-hydrogen) atoms. The van der Waals surface area contributed by atoms with E-state index in [1.165, 1.54) is 4.68 Å². The molecule has 0 aliphatic rings. The summed E-state index contributed by atoms with van der Waals surface area (Å²) in [6, 6.07) is 6.96. The lowest BCUT2D eigenvalue weighted by atomic mass is 10.2. The minimum absolute atomic E-state index is 0.175. The van der Waals surface area contributed by atoms with E-state index in [4.69, 9.17) is 14.2 Å². The number of nitrogens with zero attached hydrogens (tertiary/aromatic N) is 2. The van der Waals surface area contributed by atoms with Gasteiger partial charge in [0.1, 0.15) is 0 Å². The second kappa shape index (κ2) is 7.00. The first-order valence-corrected chi connectivity index (χ1v) is 7.04. The molecule has 0 saturated carbocycles. The maximum atomic E-state index is 12.0. The van der Waals surface area contributed by atoms with Gasteiger partial charge in [-0.15, -0.1) is 0 Å². The van der Waals surface area contributed by atoms with E-state index < -0.39 is 0 Å². The Morgan fingerprint density at radius 3 is 2.04 bits per heavy atom. The van der Waals surface area contributed by atoms with Gasteiger partial charge in [-0.2, -0.15) is 5.10 Å². The molecule has 0 aliphatic heterocycles. The van der Waals surface area contributed by atoms with Crippen LogP contribution in [0.3, 0.4) is 0 Å². The highest BCUT2D eigenvalue weighted by molar-refractivity contribution is 5.82. The zero-order valence-corrected chi connectivity index (χ0v) is 13.9. The zero-order valence-electron chi connectivity index (χ0n) is 13.9. The van der Waals surface area contributed by atoms with Crippen LogP contribution in [-0.2, 0) is 0 Å². The minimum Gasteiger partial charge on any atom is -0.493 e. The highest BCUT2D eigenvalue weighted by atomic mass is 16.5. The van der Waals surface area contributed by atoms with Gasteiger partial charge in [-0.05, 0) is 37.6 Å². The lowest BCUT2D eigenvalue weighted by Crippen LogP contribution is -2.18. The molecule has 0 bridgehead atoms. The summed E-state index contributed by atoms with van der Waals surface area (Å²) in [5.41, 5.74) is 2.22. The second-order valence-electron chi connectivity index (χ2n) is 5.03. The van der Waals surface area contributed by atoms with E-state index >= 15 is 0 Å². The fraction of sp³-hybridized carbons (Fsp3) is 0.294. The molecule has 6 nitrogen and oxygen atoms in total. The standard InChI is InChI=1S/C17H20N2O4/c1-11-6-12(2)19(16(20)7-11)18-10-13-8-14(21-3)17(23-5)15(9-13)22-4/h6-10H,1-5H3. The molecule has 2 aromatic rings. The van der Waals surface area contributed by atoms with Gasteiger partial charge >= 0.3 is 0 Å². The zero-order chi connectivity index (χ0) is 17.0. The van der Waals surface area contributed by atoms with E-state index in [0.29, 0.717) is 17.2 Å². The number of methoxy groups -OCH3 is 3. The van der Waals surface area contributed by atoms with Gasteiger partial charge in [0.05, 0.1) is 27.5 Å². The maximum absolute atomic E-state index is 12.0. The normalized spacial score (nSPS) is 10.8. The van der Waals surface area contributed by atoms with Crippen molar-refractivity contribution in [1.29, 1.82) is 0 Å². The van der Waals surface area contributed by atoms with E-state index in [1.807, 2.05) is 19.9 Å². The average molecular weight is 316 g/mol. The predicted molar refractivity (Wildman–Crippen MR) is 89.3 cm³/mol. The Bertz CT molecular complexity index is 769. The highest BCUT2D eigenvalue weighted by Crippen LogP contribution is 2.37. The molecule has 6 heteroatoms. The number of aromatic nitrogens is 1. The van der Waals surface area contributed by atoms with Crippen LogP contribution in [0.2, 0.25) is 0 Å². The second-order valence-corrected chi connectivity index (χ2v) is 5.03. The first-order chi connectivity index (χ1) is 11.0. The molecule has 0 spiro atoms. The summed E-state index contributed by atoms with van der Waals surface area (Å²) in [5.74, 6) is 1.57. The molecular weight excluding hydrogens is 296 g/mol. The van der Waals surface area contributed by atoms with Crippen LogP contribution < -0.4 is 19.8 Å². The number of hydrogen-bond acceptors (Lipinski definition) is 5. The Hall–Kier alpha value is -2.76. The molecular formula is C17H20N2O4. The van der Waals surface area contributed by atoms with Crippen LogP contribution in [0.4, 0.5) is 0 Å². The summed E-state index contributed by atoms with van der Waals surface area (Å²) < 4.78 is 17.2. The number of rotatable bonds is 5. The van der Waals surface area contributed by atoms with Crippen molar-refractivity contribution in [3.63, 3.8) is 0 Å². The maximum Gasteiger partial charge on any atom is 0.271 e. The van der Waals surface area contributed by atoms with E-state index in [-0.39, 0.29) is 5.56 Å². The lowest BCUT2D eigenvalue weighted by molar-refractivity contribution is 0.324. The molecule has 0 unspecified atom stereocenters. The van der Waals surface area contributed by atoms with Crippen LogP contribution in [0.1, 0.15) is 16.8 Å². The summed E-state index contributed by atoms with van der Waals surface area (Å²) in [4.78, 5) is 12.0. The third-order valence-corrected chi connectivity index (χ3v) is 3.34. The molecule has 0 atom stereocenters. The summed E-state index contributed by atoms with van der Waals surface area (Å²) in [7, 11) is 4.64. The van der Waals surface area contributed by atoms with Crippen molar-refractivity contribution >= 4 is 6.21 Å². The van der Waals surface area contributed by atoms with Crippen molar-refractivity contribution in [1.82, 2.24) is 4.68 Å². The number of benzene rings is 1. The third kappa shape index (κ3) is 3.53. The van der Waals surface area contributed by atoms with Crippen molar-refractivity contribution in [2.75, 3.05) is 21.3 Å². The summed E-state index contributed by atoms with van der Waals surface area (Å²) in [6.07, 6.45) is 1.58. The Morgan fingerprint density at radius 1 is 0.957 bits per heavy atom. The molecule has 0 N–H and O–H groups in total. The van der Waals surface area contributed by atoms with Crippen LogP contribution >= 0.6 is 0 Å². The summed E-state index contributed by atoms with van der Waals surface area (Å²) >= 11 is 0. The lowest BCUT2D eigenvalue weighted by Gasteiger charge is -2.12. The van der Waals surface area contributed by atoms with Crippen molar-refractivity contribution in [2.24, 2.45) is 5.10 Å². The quantitative estimate of drug-likeness (QED) is 0.795. The van der Waals surface area contributed by atoms with Gasteiger partial charge in [0.2, 0.25) is 5.75 Å². The van der Waals surface area contributed by atoms with Crippen LogP contribution in [0.5, 0.6) is 17.2 Å². The fourth-order valence-electron chi connectivity index (χ4n) is 2.31. The topological polar surface area (TPSA) is 62.1 Å². The molecule has 0 radical (unpaired) electrons. The molecule has 0 fully saturated rings. The molecule has 0 saturated heterocycles. The molecule has 1 aromatic heterocycles. The van der Waals surface area contributed by atoms with Crippen molar-refractivity contribution in [2.45, 2.75) is 13.8 Å². The van der Waals surface area contributed by atoms with E-state index in [0.717, 1.165) is 16.8 Å². The van der Waals surface area contributed by atoms with Crippen molar-refractivity contribution < 1.29 is 14.2 Å². The van der Waals surface area contributed by atoms with Gasteiger partial charge in [-0.25, -0.2) is 4.68 Å². The minimum atomic E-state index is -0.175. The number of hydrogen-bond donors (Lipinski definition) is 0. The predicted octanol–water partition coefficient (Wildman–Crippen LogP) is 2.37. The van der Waals surface area contributed by atoms with Gasteiger partial charge in [-0.1, -0.05) is 0 Å². The van der Waals surface area contributed by atoms with E-state index in [1.54, 1.807) is 45.7 Å². The van der Waals surface area contributed by atoms with E-state index in [9.17, 15) is 4.79 Å². The van der Waals surface area contributed by atoms with Crippen LogP contribution in [0.25, 0.3) is 0 Å². The van der Waals surface area contributed by atoms with Gasteiger partial charge in [-0.3, -0.25) is 4.79 Å². The Morgan fingerprint density at radius 2 is 1.57 bits per heavy atom. The van der Waals surface area contributed by atoms with Crippen LogP contribution in [0, 0.1) is 13.8 Å². The van der Waals surface area contributed by atoms with Crippen molar-refractivity contribution in [3.8, 4) is 17.2 Å². The number of pyridine rings is 1. The SMILES string of the molecule is COc1cc(C=Nn2c(C)cc(C)cc2=O)cc(OC)c1OC. The average Bonchev–Trinajstić information content (AvgIpc) is 2.52. The molecule has 0 amide bonds. The first kappa shape index (κ1) is 16.6. The van der Waals surface area contributed by atoms with Gasteiger partial charge in [0.25, 0.3) is 5.56 Å². The Balaban J connectivity index is 2.46. The smallest absolute Gasteiger partial charge is 0.271 e. The molecule has 122 valence electrons. The molecule has 1 heterocycles. The number of ether oxygens (including phenoxy) is 3. The monoisotopic (exact) mass is 316 g/mol. The van der Waals surface area contributed by atoms with Crippen LogP contribution in [0.15, 0.2) is 34.2 Å². The van der Waals surface area contributed by atoms with Crippen molar-refractivity contribution in [3.05, 3.63) is 51.4 Å². The first-order valence-electron chi connectivity index (χ1n) is 7.04. The van der Waals surface area contributed by atoms with E-state index in [2.05, 4.69) is 5.10 Å². The molecule has 0 aliphatic carbocycles. The van der Waals surface area contributed by atoms with Gasteiger partial charge in [0, 0.05) is 17.3 Å². The van der Waals surface area contributed by atoms with Gasteiger partial charge < -0.3 is 14.2 Å². The fourth-order valence-corrected chi connectivity index (χ4v) is 2.31. The Labute approximate surface area is 134 Å². The highest BCUT2D eigenvalue weighted by Gasteiger charge is 2.12. The molecule has 2 rings (SSSR count).